The van der Waals surface area contributed by atoms with Gasteiger partial charge in [0.1, 0.15) is 5.82 Å². The summed E-state index contributed by atoms with van der Waals surface area (Å²) in [6.45, 7) is 10.00. The number of carbonyl (C=O) groups excluding carboxylic acids is 1. The first-order chi connectivity index (χ1) is 9.79. The number of nitrogens with zero attached hydrogens (tertiary/aromatic N) is 2. The Kier molecular flexibility index (Phi) is 4.07. The van der Waals surface area contributed by atoms with Gasteiger partial charge in [-0.05, 0) is 30.9 Å². The minimum absolute atomic E-state index is 0.0390. The molecule has 0 aliphatic carbocycles. The molecule has 1 N–H and O–H groups in total. The van der Waals surface area contributed by atoms with Gasteiger partial charge in [-0.2, -0.15) is 0 Å². The van der Waals surface area contributed by atoms with Gasteiger partial charge < -0.3 is 5.32 Å². The lowest BCUT2D eigenvalue weighted by Gasteiger charge is -2.23. The van der Waals surface area contributed by atoms with E-state index in [4.69, 9.17) is 0 Å². The molecule has 1 aromatic heterocycles. The normalized spacial score (nSPS) is 11.3. The highest BCUT2D eigenvalue weighted by Gasteiger charge is 2.19. The van der Waals surface area contributed by atoms with E-state index < -0.39 is 0 Å². The predicted molar refractivity (Wildman–Crippen MR) is 84.6 cm³/mol. The van der Waals surface area contributed by atoms with Gasteiger partial charge in [0.05, 0.1) is 11.3 Å². The highest BCUT2D eigenvalue weighted by Crippen LogP contribution is 2.29. The quantitative estimate of drug-likeness (QED) is 0.915. The molecule has 0 spiro atoms. The van der Waals surface area contributed by atoms with E-state index >= 15 is 0 Å². The fraction of sp³-hybridized carbons (Fsp3) is 0.353. The first-order valence-corrected chi connectivity index (χ1v) is 7.00. The lowest BCUT2D eigenvalue weighted by Crippen LogP contribution is -2.20. The molecule has 2 rings (SSSR count). The molecule has 0 fully saturated rings. The highest BCUT2D eigenvalue weighted by atomic mass is 16.1. The SMILES string of the molecule is Cc1ncc(C(=O)Nc2ccccc2C(C)(C)C)c(C)n1. The molecule has 1 amide bonds. The summed E-state index contributed by atoms with van der Waals surface area (Å²) in [6.07, 6.45) is 1.58. The van der Waals surface area contributed by atoms with Crippen LogP contribution in [0, 0.1) is 13.8 Å². The summed E-state index contributed by atoms with van der Waals surface area (Å²) in [6, 6.07) is 7.86. The number of aryl methyl sites for hydroxylation is 2. The maximum absolute atomic E-state index is 12.4. The van der Waals surface area contributed by atoms with E-state index in [-0.39, 0.29) is 11.3 Å². The number of amides is 1. The van der Waals surface area contributed by atoms with Crippen molar-refractivity contribution in [2.75, 3.05) is 5.32 Å². The van der Waals surface area contributed by atoms with Crippen LogP contribution in [0.1, 0.15) is 48.2 Å². The Balaban J connectivity index is 2.32. The van der Waals surface area contributed by atoms with Crippen LogP contribution >= 0.6 is 0 Å². The number of hydrogen-bond acceptors (Lipinski definition) is 3. The fourth-order valence-electron chi connectivity index (χ4n) is 2.24. The molecule has 1 aromatic carbocycles. The van der Waals surface area contributed by atoms with Crippen LogP contribution in [-0.4, -0.2) is 15.9 Å². The van der Waals surface area contributed by atoms with Gasteiger partial charge in [-0.3, -0.25) is 4.79 Å². The molecule has 0 saturated heterocycles. The number of rotatable bonds is 2. The zero-order valence-corrected chi connectivity index (χ0v) is 13.2. The second-order valence-electron chi connectivity index (χ2n) is 6.17. The Morgan fingerprint density at radius 2 is 1.81 bits per heavy atom. The first kappa shape index (κ1) is 15.2. The minimum atomic E-state index is -0.177. The first-order valence-electron chi connectivity index (χ1n) is 7.00. The third-order valence-electron chi connectivity index (χ3n) is 3.33. The van der Waals surface area contributed by atoms with Crippen LogP contribution < -0.4 is 5.32 Å². The minimum Gasteiger partial charge on any atom is -0.322 e. The smallest absolute Gasteiger partial charge is 0.259 e. The second-order valence-corrected chi connectivity index (χ2v) is 6.17. The van der Waals surface area contributed by atoms with Gasteiger partial charge in [0.15, 0.2) is 0 Å². The van der Waals surface area contributed by atoms with Crippen LogP contribution in [-0.2, 0) is 5.41 Å². The summed E-state index contributed by atoms with van der Waals surface area (Å²) in [5, 5.41) is 2.97. The van der Waals surface area contributed by atoms with Crippen molar-refractivity contribution < 1.29 is 4.79 Å². The number of carbonyl (C=O) groups is 1. The van der Waals surface area contributed by atoms with Crippen LogP contribution in [0.2, 0.25) is 0 Å². The molecule has 1 heterocycles. The Morgan fingerprint density at radius 1 is 1.14 bits per heavy atom. The van der Waals surface area contributed by atoms with Crippen molar-refractivity contribution in [3.63, 3.8) is 0 Å². The van der Waals surface area contributed by atoms with Gasteiger partial charge in [-0.1, -0.05) is 39.0 Å². The van der Waals surface area contributed by atoms with Gasteiger partial charge >= 0.3 is 0 Å². The maximum atomic E-state index is 12.4. The van der Waals surface area contributed by atoms with E-state index in [1.54, 1.807) is 6.20 Å². The van der Waals surface area contributed by atoms with Crippen molar-refractivity contribution in [1.29, 1.82) is 0 Å². The van der Waals surface area contributed by atoms with Crippen LogP contribution in [0.5, 0.6) is 0 Å². The lowest BCUT2D eigenvalue weighted by molar-refractivity contribution is 0.102. The van der Waals surface area contributed by atoms with Gasteiger partial charge in [0.25, 0.3) is 5.91 Å². The topological polar surface area (TPSA) is 54.9 Å². The number of aromatic nitrogens is 2. The van der Waals surface area contributed by atoms with E-state index in [9.17, 15) is 4.79 Å². The number of anilines is 1. The maximum Gasteiger partial charge on any atom is 0.259 e. The Hall–Kier alpha value is -2.23. The van der Waals surface area contributed by atoms with Gasteiger partial charge in [0, 0.05) is 11.9 Å². The summed E-state index contributed by atoms with van der Waals surface area (Å²) in [5.41, 5.74) is 3.08. The molecule has 0 radical (unpaired) electrons. The molecule has 4 nitrogen and oxygen atoms in total. The van der Waals surface area contributed by atoms with Gasteiger partial charge in [-0.25, -0.2) is 9.97 Å². The molecule has 110 valence electrons. The zero-order chi connectivity index (χ0) is 15.6. The standard InChI is InChI=1S/C17H21N3O/c1-11-13(10-18-12(2)19-11)16(21)20-15-9-7-6-8-14(15)17(3,4)5/h6-10H,1-5H3,(H,20,21). The molecular formula is C17H21N3O. The molecule has 0 unspecified atom stereocenters. The van der Waals surface area contributed by atoms with E-state index in [0.29, 0.717) is 17.1 Å². The Bertz CT molecular complexity index is 672. The number of benzene rings is 1. The van der Waals surface area contributed by atoms with E-state index in [0.717, 1.165) is 11.3 Å². The van der Waals surface area contributed by atoms with Crippen LogP contribution in [0.15, 0.2) is 30.5 Å². The third-order valence-corrected chi connectivity index (χ3v) is 3.33. The number of hydrogen-bond donors (Lipinski definition) is 1. The summed E-state index contributed by atoms with van der Waals surface area (Å²) in [4.78, 5) is 20.8. The molecule has 4 heteroatoms. The Labute approximate surface area is 125 Å². The van der Waals surface area contributed by atoms with E-state index in [1.165, 1.54) is 0 Å². The van der Waals surface area contributed by atoms with Crippen LogP contribution in [0.3, 0.4) is 0 Å². The van der Waals surface area contributed by atoms with Crippen molar-refractivity contribution in [3.05, 3.63) is 53.1 Å². The fourth-order valence-corrected chi connectivity index (χ4v) is 2.24. The predicted octanol–water partition coefficient (Wildman–Crippen LogP) is 3.64. The summed E-state index contributed by atoms with van der Waals surface area (Å²) in [5.74, 6) is 0.489. The molecule has 0 aliphatic rings. The molecule has 0 aliphatic heterocycles. The van der Waals surface area contributed by atoms with E-state index in [2.05, 4.69) is 36.1 Å². The monoisotopic (exact) mass is 283 g/mol. The largest absolute Gasteiger partial charge is 0.322 e. The van der Waals surface area contributed by atoms with Crippen LogP contribution in [0.25, 0.3) is 0 Å². The molecule has 21 heavy (non-hydrogen) atoms. The summed E-state index contributed by atoms with van der Waals surface area (Å²) >= 11 is 0. The molecule has 0 atom stereocenters. The third kappa shape index (κ3) is 3.45. The number of para-hydroxylation sites is 1. The molecule has 0 bridgehead atoms. The van der Waals surface area contributed by atoms with Gasteiger partial charge in [0.2, 0.25) is 0 Å². The van der Waals surface area contributed by atoms with Crippen molar-refractivity contribution in [3.8, 4) is 0 Å². The lowest BCUT2D eigenvalue weighted by atomic mass is 9.86. The van der Waals surface area contributed by atoms with Crippen LogP contribution in [0.4, 0.5) is 5.69 Å². The van der Waals surface area contributed by atoms with Crippen molar-refractivity contribution in [1.82, 2.24) is 9.97 Å². The van der Waals surface area contributed by atoms with Crippen molar-refractivity contribution >= 4 is 11.6 Å². The summed E-state index contributed by atoms with van der Waals surface area (Å²) < 4.78 is 0. The molecule has 2 aromatic rings. The van der Waals surface area contributed by atoms with Crippen molar-refractivity contribution in [2.24, 2.45) is 0 Å². The summed E-state index contributed by atoms with van der Waals surface area (Å²) in [7, 11) is 0. The zero-order valence-electron chi connectivity index (χ0n) is 13.2. The van der Waals surface area contributed by atoms with Crippen molar-refractivity contribution in [2.45, 2.75) is 40.0 Å². The average molecular weight is 283 g/mol. The molecule has 0 saturated carbocycles. The number of nitrogens with one attached hydrogen (secondary N) is 1. The highest BCUT2D eigenvalue weighted by molar-refractivity contribution is 6.05. The Morgan fingerprint density at radius 3 is 2.43 bits per heavy atom. The average Bonchev–Trinajstić information content (AvgIpc) is 2.37. The van der Waals surface area contributed by atoms with Gasteiger partial charge in [-0.15, -0.1) is 0 Å². The van der Waals surface area contributed by atoms with E-state index in [1.807, 2.05) is 38.1 Å². The second kappa shape index (κ2) is 5.64. The molecular weight excluding hydrogens is 262 g/mol.